The molecule has 2 heterocycles. The quantitative estimate of drug-likeness (QED) is 0.521. The first-order chi connectivity index (χ1) is 13.7. The van der Waals surface area contributed by atoms with Crippen LogP contribution in [0.4, 0.5) is 17.3 Å². The van der Waals surface area contributed by atoms with Gasteiger partial charge in [0.15, 0.2) is 11.6 Å². The van der Waals surface area contributed by atoms with Gasteiger partial charge in [-0.1, -0.05) is 41.9 Å². The van der Waals surface area contributed by atoms with Crippen molar-refractivity contribution in [1.29, 1.82) is 0 Å². The third kappa shape index (κ3) is 4.24. The number of aromatic nitrogens is 3. The van der Waals surface area contributed by atoms with E-state index in [1.54, 1.807) is 30.5 Å². The summed E-state index contributed by atoms with van der Waals surface area (Å²) in [5.41, 5.74) is 2.57. The Balaban J connectivity index is 1.42. The Kier molecular flexibility index (Phi) is 5.12. The van der Waals surface area contributed by atoms with E-state index in [1.807, 2.05) is 42.5 Å². The maximum Gasteiger partial charge on any atom is 0.229 e. The van der Waals surface area contributed by atoms with Gasteiger partial charge in [-0.2, -0.15) is 0 Å². The first-order valence-electron chi connectivity index (χ1n) is 8.66. The van der Waals surface area contributed by atoms with E-state index >= 15 is 0 Å². The number of nitrogens with zero attached hydrogens (tertiary/aromatic N) is 3. The van der Waals surface area contributed by atoms with E-state index in [0.717, 1.165) is 22.2 Å². The fraction of sp³-hybridized carbons (Fsp3) is 0.0476. The van der Waals surface area contributed by atoms with Crippen LogP contribution >= 0.6 is 11.6 Å². The molecule has 0 bridgehead atoms. The average Bonchev–Trinajstić information content (AvgIpc) is 2.71. The number of carbonyl (C=O) groups excluding carboxylic acids is 1. The number of carbonyl (C=O) groups is 1. The van der Waals surface area contributed by atoms with Crippen LogP contribution < -0.4 is 10.6 Å². The number of amides is 1. The molecule has 0 spiro atoms. The Bertz CT molecular complexity index is 1110. The normalized spacial score (nSPS) is 10.6. The molecule has 4 rings (SSSR count). The molecule has 2 N–H and O–H groups in total. The highest BCUT2D eigenvalue weighted by molar-refractivity contribution is 6.30. The number of fused-ring (bicyclic) bond motifs is 1. The van der Waals surface area contributed by atoms with E-state index in [0.29, 0.717) is 16.7 Å². The molecule has 2 aromatic heterocycles. The Hall–Kier alpha value is -3.51. The molecule has 7 heteroatoms. The number of halogens is 1. The molecule has 0 aliphatic carbocycles. The summed E-state index contributed by atoms with van der Waals surface area (Å²) < 4.78 is 0. The molecule has 1 amide bonds. The number of pyridine rings is 1. The molecule has 138 valence electrons. The second kappa shape index (κ2) is 8.02. The van der Waals surface area contributed by atoms with Crippen molar-refractivity contribution in [3.05, 3.63) is 83.5 Å². The highest BCUT2D eigenvalue weighted by atomic mass is 35.5. The van der Waals surface area contributed by atoms with Crippen LogP contribution in [0.15, 0.2) is 72.9 Å². The van der Waals surface area contributed by atoms with Gasteiger partial charge in [0.25, 0.3) is 0 Å². The second-order valence-corrected chi connectivity index (χ2v) is 6.60. The summed E-state index contributed by atoms with van der Waals surface area (Å²) in [6, 6.07) is 20.4. The zero-order valence-electron chi connectivity index (χ0n) is 14.8. The smallest absolute Gasteiger partial charge is 0.229 e. The van der Waals surface area contributed by atoms with Gasteiger partial charge in [0.1, 0.15) is 0 Å². The molecule has 6 nitrogen and oxygen atoms in total. The van der Waals surface area contributed by atoms with Crippen LogP contribution in [0, 0.1) is 0 Å². The van der Waals surface area contributed by atoms with Crippen LogP contribution in [0.1, 0.15) is 5.56 Å². The molecule has 28 heavy (non-hydrogen) atoms. The first kappa shape index (κ1) is 17.9. The molecule has 0 fully saturated rings. The summed E-state index contributed by atoms with van der Waals surface area (Å²) in [6.07, 6.45) is 1.99. The zero-order valence-corrected chi connectivity index (χ0v) is 15.5. The third-order valence-electron chi connectivity index (χ3n) is 4.11. The van der Waals surface area contributed by atoms with Crippen molar-refractivity contribution in [3.8, 4) is 0 Å². The Morgan fingerprint density at radius 2 is 1.64 bits per heavy atom. The van der Waals surface area contributed by atoms with Gasteiger partial charge in [0.05, 0.1) is 17.6 Å². The summed E-state index contributed by atoms with van der Waals surface area (Å²) in [7, 11) is 0. The lowest BCUT2D eigenvalue weighted by atomic mass is 10.1. The van der Waals surface area contributed by atoms with Gasteiger partial charge >= 0.3 is 0 Å². The minimum atomic E-state index is -0.171. The van der Waals surface area contributed by atoms with Crippen molar-refractivity contribution in [1.82, 2.24) is 15.2 Å². The van der Waals surface area contributed by atoms with Crippen molar-refractivity contribution >= 4 is 45.7 Å². The number of hydrogen-bond donors (Lipinski definition) is 2. The minimum absolute atomic E-state index is 0.171. The molecule has 0 aliphatic rings. The highest BCUT2D eigenvalue weighted by Crippen LogP contribution is 2.23. The fourth-order valence-electron chi connectivity index (χ4n) is 2.78. The van der Waals surface area contributed by atoms with Crippen LogP contribution in [0.25, 0.3) is 10.9 Å². The summed E-state index contributed by atoms with van der Waals surface area (Å²) in [5.74, 6) is 0.782. The Morgan fingerprint density at radius 3 is 2.43 bits per heavy atom. The number of para-hydroxylation sites is 1. The van der Waals surface area contributed by atoms with Gasteiger partial charge < -0.3 is 10.6 Å². The van der Waals surface area contributed by atoms with Crippen molar-refractivity contribution in [2.24, 2.45) is 0 Å². The molecular weight excluding hydrogens is 374 g/mol. The number of anilines is 3. The summed E-state index contributed by atoms with van der Waals surface area (Å²) in [6.45, 7) is 0. The van der Waals surface area contributed by atoms with Crippen LogP contribution in [-0.4, -0.2) is 21.1 Å². The molecule has 0 saturated carbocycles. The number of benzene rings is 2. The predicted molar refractivity (Wildman–Crippen MR) is 111 cm³/mol. The third-order valence-corrected chi connectivity index (χ3v) is 4.36. The van der Waals surface area contributed by atoms with Gasteiger partial charge in [0.2, 0.25) is 5.91 Å². The van der Waals surface area contributed by atoms with Gasteiger partial charge in [-0.25, -0.2) is 0 Å². The van der Waals surface area contributed by atoms with E-state index in [1.165, 1.54) is 0 Å². The van der Waals surface area contributed by atoms with Crippen LogP contribution in [0.2, 0.25) is 5.02 Å². The van der Waals surface area contributed by atoms with Crippen molar-refractivity contribution in [3.63, 3.8) is 0 Å². The number of nitrogens with one attached hydrogen (secondary N) is 2. The van der Waals surface area contributed by atoms with Crippen molar-refractivity contribution in [2.75, 3.05) is 10.6 Å². The summed E-state index contributed by atoms with van der Waals surface area (Å²) >= 11 is 5.85. The summed E-state index contributed by atoms with van der Waals surface area (Å²) in [4.78, 5) is 16.6. The predicted octanol–water partition coefficient (Wildman–Crippen LogP) is 4.60. The van der Waals surface area contributed by atoms with Crippen LogP contribution in [0.3, 0.4) is 0 Å². The lowest BCUT2D eigenvalue weighted by Gasteiger charge is -2.09. The molecule has 0 aliphatic heterocycles. The summed E-state index contributed by atoms with van der Waals surface area (Å²) in [5, 5.41) is 15.8. The van der Waals surface area contributed by atoms with Crippen molar-refractivity contribution < 1.29 is 4.79 Å². The molecule has 0 unspecified atom stereocenters. The van der Waals surface area contributed by atoms with E-state index in [-0.39, 0.29) is 12.3 Å². The average molecular weight is 390 g/mol. The monoisotopic (exact) mass is 389 g/mol. The molecule has 0 atom stereocenters. The van der Waals surface area contributed by atoms with Crippen LogP contribution in [0.5, 0.6) is 0 Å². The Morgan fingerprint density at radius 1 is 0.893 bits per heavy atom. The number of hydrogen-bond acceptors (Lipinski definition) is 5. The van der Waals surface area contributed by atoms with Gasteiger partial charge in [-0.05, 0) is 42.0 Å². The maximum atomic E-state index is 12.2. The SMILES string of the molecule is O=C(Cc1ccc(Cl)cc1)Nc1ccc(Nc2cccc3cccnc23)nn1. The molecule has 2 aromatic carbocycles. The van der Waals surface area contributed by atoms with Crippen LogP contribution in [-0.2, 0) is 11.2 Å². The second-order valence-electron chi connectivity index (χ2n) is 6.16. The zero-order chi connectivity index (χ0) is 19.3. The molecule has 0 radical (unpaired) electrons. The topological polar surface area (TPSA) is 79.8 Å². The lowest BCUT2D eigenvalue weighted by Crippen LogP contribution is -2.15. The van der Waals surface area contributed by atoms with E-state index in [4.69, 9.17) is 11.6 Å². The van der Waals surface area contributed by atoms with E-state index < -0.39 is 0 Å². The first-order valence-corrected chi connectivity index (χ1v) is 9.04. The van der Waals surface area contributed by atoms with Gasteiger partial charge in [-0.3, -0.25) is 9.78 Å². The maximum absolute atomic E-state index is 12.2. The molecule has 4 aromatic rings. The van der Waals surface area contributed by atoms with Gasteiger partial charge in [0, 0.05) is 16.6 Å². The highest BCUT2D eigenvalue weighted by Gasteiger charge is 2.07. The molecular formula is C21H16ClN5O. The van der Waals surface area contributed by atoms with E-state index in [9.17, 15) is 4.79 Å². The van der Waals surface area contributed by atoms with Crippen molar-refractivity contribution in [2.45, 2.75) is 6.42 Å². The number of rotatable bonds is 5. The lowest BCUT2D eigenvalue weighted by molar-refractivity contribution is -0.115. The minimum Gasteiger partial charge on any atom is -0.337 e. The largest absolute Gasteiger partial charge is 0.337 e. The Labute approximate surface area is 166 Å². The standard InChI is InChI=1S/C21H16ClN5O/c22-16-8-6-14(7-9-16)13-20(28)25-19-11-10-18(26-27-19)24-17-5-1-3-15-4-2-12-23-21(15)17/h1-12H,13H2,(H,24,26)(H,25,27,28). The van der Waals surface area contributed by atoms with Gasteiger partial charge in [-0.15, -0.1) is 10.2 Å². The molecule has 0 saturated heterocycles. The van der Waals surface area contributed by atoms with E-state index in [2.05, 4.69) is 25.8 Å². The fourth-order valence-corrected chi connectivity index (χ4v) is 2.91.